The molecule has 0 saturated heterocycles. The average Bonchev–Trinajstić information content (AvgIpc) is 2.47. The van der Waals surface area contributed by atoms with E-state index in [9.17, 15) is 15.2 Å². The van der Waals surface area contributed by atoms with Gasteiger partial charge in [0.15, 0.2) is 11.5 Å². The number of ether oxygens (including phenoxy) is 1. The third-order valence-electron chi connectivity index (χ3n) is 2.73. The topological polar surface area (TPSA) is 85.0 Å². The fourth-order valence-corrected chi connectivity index (χ4v) is 1.88. The van der Waals surface area contributed by atoms with E-state index in [1.807, 2.05) is 0 Å². The van der Waals surface area contributed by atoms with Gasteiger partial charge in [-0.2, -0.15) is 0 Å². The van der Waals surface area contributed by atoms with Gasteiger partial charge in [-0.3, -0.25) is 15.1 Å². The highest BCUT2D eigenvalue weighted by atomic mass is 35.5. The van der Waals surface area contributed by atoms with Gasteiger partial charge in [0.25, 0.3) is 5.69 Å². The molecular weight excluding hydrogens is 296 g/mol. The Hall–Kier alpha value is -2.60. The van der Waals surface area contributed by atoms with Gasteiger partial charge in [0.1, 0.15) is 0 Å². The number of aliphatic imine (C=N–C) groups is 1. The fourth-order valence-electron chi connectivity index (χ4n) is 1.66. The van der Waals surface area contributed by atoms with Gasteiger partial charge in [-0.05, 0) is 18.2 Å². The average molecular weight is 307 g/mol. The predicted molar refractivity (Wildman–Crippen MR) is 80.0 cm³/mol. The largest absolute Gasteiger partial charge is 0.504 e. The normalized spacial score (nSPS) is 10.8. The number of phenols is 1. The van der Waals surface area contributed by atoms with Crippen LogP contribution in [0.1, 0.15) is 5.56 Å². The maximum absolute atomic E-state index is 10.6. The van der Waals surface area contributed by atoms with E-state index in [0.717, 1.165) is 0 Å². The molecule has 2 aromatic rings. The summed E-state index contributed by atoms with van der Waals surface area (Å²) in [5.41, 5.74) is 0.705. The summed E-state index contributed by atoms with van der Waals surface area (Å²) in [7, 11) is 1.45. The van der Waals surface area contributed by atoms with Crippen LogP contribution in [0.15, 0.2) is 41.4 Å². The lowest BCUT2D eigenvalue weighted by Gasteiger charge is -2.05. The molecule has 2 rings (SSSR count). The standard InChI is InChI=1S/C14H11ClN2O4/c1-21-13-4-2-3-9(14(13)18)8-16-12-6-5-10(17(19)20)7-11(12)15/h2-8,18H,1H3. The summed E-state index contributed by atoms with van der Waals surface area (Å²) in [5.74, 6) is 0.288. The number of hydrogen-bond donors (Lipinski definition) is 1. The summed E-state index contributed by atoms with van der Waals surface area (Å²) in [6, 6.07) is 8.95. The lowest BCUT2D eigenvalue weighted by Crippen LogP contribution is -1.89. The minimum atomic E-state index is -0.534. The second-order valence-electron chi connectivity index (χ2n) is 4.05. The number of phenolic OH excluding ortho intramolecular Hbond substituents is 1. The highest BCUT2D eigenvalue weighted by molar-refractivity contribution is 6.33. The summed E-state index contributed by atoms with van der Waals surface area (Å²) < 4.78 is 4.99. The van der Waals surface area contributed by atoms with Gasteiger partial charge in [0.05, 0.1) is 22.7 Å². The van der Waals surface area contributed by atoms with E-state index in [1.165, 1.54) is 31.5 Å². The van der Waals surface area contributed by atoms with Crippen LogP contribution >= 0.6 is 11.6 Å². The molecule has 0 aliphatic rings. The van der Waals surface area contributed by atoms with Crippen LogP contribution in [0.3, 0.4) is 0 Å². The molecule has 2 aromatic carbocycles. The van der Waals surface area contributed by atoms with Crippen LogP contribution in [0, 0.1) is 10.1 Å². The molecule has 0 aromatic heterocycles. The molecule has 1 N–H and O–H groups in total. The van der Waals surface area contributed by atoms with E-state index in [1.54, 1.807) is 18.2 Å². The second-order valence-corrected chi connectivity index (χ2v) is 4.46. The molecule has 7 heteroatoms. The molecule has 0 fully saturated rings. The zero-order chi connectivity index (χ0) is 15.4. The number of nitro benzene ring substituents is 1. The van der Waals surface area contributed by atoms with Gasteiger partial charge >= 0.3 is 0 Å². The number of halogens is 1. The van der Waals surface area contributed by atoms with Crippen molar-refractivity contribution in [1.82, 2.24) is 0 Å². The van der Waals surface area contributed by atoms with E-state index in [0.29, 0.717) is 17.0 Å². The maximum Gasteiger partial charge on any atom is 0.271 e. The van der Waals surface area contributed by atoms with Crippen molar-refractivity contribution in [2.24, 2.45) is 4.99 Å². The van der Waals surface area contributed by atoms with Crippen LogP contribution < -0.4 is 4.74 Å². The first-order chi connectivity index (χ1) is 10.0. The van der Waals surface area contributed by atoms with E-state index in [4.69, 9.17) is 16.3 Å². The van der Waals surface area contributed by atoms with Crippen molar-refractivity contribution in [3.8, 4) is 11.5 Å². The molecule has 21 heavy (non-hydrogen) atoms. The van der Waals surface area contributed by atoms with Crippen molar-refractivity contribution < 1.29 is 14.8 Å². The minimum absolute atomic E-state index is 0.0400. The quantitative estimate of drug-likeness (QED) is 0.530. The van der Waals surface area contributed by atoms with Crippen LogP contribution in [-0.4, -0.2) is 23.4 Å². The van der Waals surface area contributed by atoms with Crippen molar-refractivity contribution in [1.29, 1.82) is 0 Å². The van der Waals surface area contributed by atoms with E-state index in [2.05, 4.69) is 4.99 Å². The van der Waals surface area contributed by atoms with E-state index in [-0.39, 0.29) is 16.5 Å². The Labute approximate surface area is 125 Å². The Bertz CT molecular complexity index is 716. The van der Waals surface area contributed by atoms with Gasteiger partial charge in [0, 0.05) is 23.9 Å². The zero-order valence-electron chi connectivity index (χ0n) is 11.0. The third kappa shape index (κ3) is 3.29. The predicted octanol–water partition coefficient (Wildman–Crippen LogP) is 3.71. The lowest BCUT2D eigenvalue weighted by molar-refractivity contribution is -0.384. The Morgan fingerprint density at radius 3 is 2.76 bits per heavy atom. The molecule has 0 radical (unpaired) electrons. The number of rotatable bonds is 4. The second kappa shape index (κ2) is 6.23. The van der Waals surface area contributed by atoms with E-state index < -0.39 is 4.92 Å². The molecule has 0 unspecified atom stereocenters. The molecule has 6 nitrogen and oxygen atoms in total. The van der Waals surface area contributed by atoms with Gasteiger partial charge in [0.2, 0.25) is 0 Å². The van der Waals surface area contributed by atoms with Crippen LogP contribution in [0.2, 0.25) is 5.02 Å². The van der Waals surface area contributed by atoms with Crippen LogP contribution in [0.5, 0.6) is 11.5 Å². The van der Waals surface area contributed by atoms with Gasteiger partial charge < -0.3 is 9.84 Å². The number of aromatic hydroxyl groups is 1. The monoisotopic (exact) mass is 306 g/mol. The molecular formula is C14H11ClN2O4. The minimum Gasteiger partial charge on any atom is -0.504 e. The summed E-state index contributed by atoms with van der Waals surface area (Å²) in [4.78, 5) is 14.2. The Kier molecular flexibility index (Phi) is 4.39. The summed E-state index contributed by atoms with van der Waals surface area (Å²) in [6.07, 6.45) is 1.41. The van der Waals surface area contributed by atoms with Crippen molar-refractivity contribution in [3.05, 3.63) is 57.1 Å². The van der Waals surface area contributed by atoms with Crippen molar-refractivity contribution in [2.75, 3.05) is 7.11 Å². The first-order valence-corrected chi connectivity index (χ1v) is 6.24. The third-order valence-corrected chi connectivity index (χ3v) is 3.04. The van der Waals surface area contributed by atoms with Crippen molar-refractivity contribution >= 4 is 29.2 Å². The maximum atomic E-state index is 10.6. The van der Waals surface area contributed by atoms with E-state index >= 15 is 0 Å². The summed E-state index contributed by atoms with van der Waals surface area (Å²) >= 11 is 5.93. The number of para-hydroxylation sites is 1. The van der Waals surface area contributed by atoms with Crippen LogP contribution in [0.4, 0.5) is 11.4 Å². The number of nitrogens with zero attached hydrogens (tertiary/aromatic N) is 2. The number of non-ortho nitro benzene ring substituents is 1. The first-order valence-electron chi connectivity index (χ1n) is 5.87. The van der Waals surface area contributed by atoms with Crippen LogP contribution in [0.25, 0.3) is 0 Å². The van der Waals surface area contributed by atoms with Gasteiger partial charge in [-0.25, -0.2) is 0 Å². The molecule has 0 saturated carbocycles. The molecule has 108 valence electrons. The van der Waals surface area contributed by atoms with Gasteiger partial charge in [-0.1, -0.05) is 17.7 Å². The lowest BCUT2D eigenvalue weighted by atomic mass is 10.2. The molecule has 0 heterocycles. The fraction of sp³-hybridized carbons (Fsp3) is 0.0714. The molecule has 0 aliphatic carbocycles. The Morgan fingerprint density at radius 1 is 1.38 bits per heavy atom. The van der Waals surface area contributed by atoms with Crippen molar-refractivity contribution in [2.45, 2.75) is 0 Å². The number of nitro groups is 1. The van der Waals surface area contributed by atoms with Crippen molar-refractivity contribution in [3.63, 3.8) is 0 Å². The summed E-state index contributed by atoms with van der Waals surface area (Å²) in [6.45, 7) is 0. The molecule has 0 aliphatic heterocycles. The Balaban J connectivity index is 2.32. The first kappa shape index (κ1) is 14.8. The number of methoxy groups -OCH3 is 1. The molecule has 0 bridgehead atoms. The highest BCUT2D eigenvalue weighted by Gasteiger charge is 2.09. The SMILES string of the molecule is COc1cccc(C=Nc2ccc([N+](=O)[O-])cc2Cl)c1O. The van der Waals surface area contributed by atoms with Crippen LogP contribution in [-0.2, 0) is 0 Å². The molecule has 0 atom stereocenters. The summed E-state index contributed by atoms with van der Waals surface area (Å²) in [5, 5.41) is 20.7. The smallest absolute Gasteiger partial charge is 0.271 e. The number of hydrogen-bond acceptors (Lipinski definition) is 5. The molecule has 0 spiro atoms. The Morgan fingerprint density at radius 2 is 2.14 bits per heavy atom. The van der Waals surface area contributed by atoms with Gasteiger partial charge in [-0.15, -0.1) is 0 Å². The number of benzene rings is 2. The zero-order valence-corrected chi connectivity index (χ0v) is 11.7. The molecule has 0 amide bonds. The highest BCUT2D eigenvalue weighted by Crippen LogP contribution is 2.31.